The van der Waals surface area contributed by atoms with Crippen LogP contribution in [0.25, 0.3) is 17.2 Å². The molecule has 1 radical (unpaired) electrons. The van der Waals surface area contributed by atoms with Crippen molar-refractivity contribution in [3.63, 3.8) is 0 Å². The van der Waals surface area contributed by atoms with E-state index >= 15 is 0 Å². The maximum absolute atomic E-state index is 13.3. The summed E-state index contributed by atoms with van der Waals surface area (Å²) in [6, 6.07) is 5.46. The average molecular weight is 588 g/mol. The Morgan fingerprint density at radius 3 is 2.03 bits per heavy atom. The van der Waals surface area contributed by atoms with Crippen LogP contribution in [0, 0.1) is 23.8 Å². The Balaban J connectivity index is 0.00000256. The van der Waals surface area contributed by atoms with E-state index in [1.807, 2.05) is 10.6 Å². The molecule has 0 unspecified atom stereocenters. The molecule has 8 heteroatoms. The molecule has 0 aromatic carbocycles. The van der Waals surface area contributed by atoms with Gasteiger partial charge in [0.1, 0.15) is 6.20 Å². The van der Waals surface area contributed by atoms with Gasteiger partial charge in [-0.3, -0.25) is 0 Å². The van der Waals surface area contributed by atoms with E-state index < -0.39 is 12.2 Å². The number of nitrogens with zero attached hydrogens (tertiary/aromatic N) is 5. The molecule has 3 heterocycles. The fraction of sp³-hybridized carbons (Fsp3) is 0.409. The number of hydrogen-bond donors (Lipinski definition) is 0. The quantitative estimate of drug-likeness (QED) is 0.338. The first-order chi connectivity index (χ1) is 13.4. The van der Waals surface area contributed by atoms with Crippen molar-refractivity contribution < 1.29 is 33.5 Å². The van der Waals surface area contributed by atoms with Crippen molar-refractivity contribution in [1.29, 1.82) is 0 Å². The number of rotatable bonds is 2. The van der Waals surface area contributed by atoms with E-state index in [2.05, 4.69) is 73.9 Å². The minimum atomic E-state index is -1.16. The maximum Gasteiger partial charge on any atom is 0.314 e. The van der Waals surface area contributed by atoms with E-state index in [-0.39, 0.29) is 42.2 Å². The summed E-state index contributed by atoms with van der Waals surface area (Å²) in [6.07, 6.45) is 4.53. The Hall–Kier alpha value is -2.18. The molecular formula is C22H23F2IrN5. The molecule has 3 aromatic rings. The molecule has 1 aliphatic carbocycles. The second-order valence-corrected chi connectivity index (χ2v) is 9.08. The number of halogens is 2. The third-order valence-corrected chi connectivity index (χ3v) is 7.20. The van der Waals surface area contributed by atoms with E-state index in [0.29, 0.717) is 11.4 Å². The largest absolute Gasteiger partial charge is 0.321 e. The van der Waals surface area contributed by atoms with E-state index in [4.69, 9.17) is 0 Å². The number of pyridine rings is 2. The zero-order valence-corrected chi connectivity index (χ0v) is 20.1. The van der Waals surface area contributed by atoms with Gasteiger partial charge in [0, 0.05) is 32.5 Å². The average Bonchev–Trinajstić information content (AvgIpc) is 2.76. The molecule has 0 atom stereocenters. The Labute approximate surface area is 188 Å². The van der Waals surface area contributed by atoms with Crippen LogP contribution in [0.4, 0.5) is 8.78 Å². The third-order valence-electron chi connectivity index (χ3n) is 7.20. The van der Waals surface area contributed by atoms with Crippen molar-refractivity contribution in [1.82, 2.24) is 19.9 Å². The Morgan fingerprint density at radius 1 is 0.867 bits per heavy atom. The van der Waals surface area contributed by atoms with Crippen LogP contribution in [-0.2, 0) is 30.9 Å². The molecule has 0 amide bonds. The van der Waals surface area contributed by atoms with Crippen molar-refractivity contribution in [2.45, 2.75) is 52.4 Å². The van der Waals surface area contributed by atoms with Gasteiger partial charge in [0.2, 0.25) is 5.82 Å². The number of fused-ring (bicyclic) bond motifs is 1. The normalized spacial score (nSPS) is 17.9. The monoisotopic (exact) mass is 588 g/mol. The zero-order chi connectivity index (χ0) is 21.2. The number of aromatic nitrogens is 5. The standard InChI is InChI=1S/C22H23F2N5.Ir/c1-20(2)14-9-10-29(12-15(14)21(3,4)22(20,5)6)16-8-7-13(11-25-16)17-26-18(23)28-19(24)27-17;/h7-9,11-12H,1-6H3;. The van der Waals surface area contributed by atoms with Gasteiger partial charge in [-0.1, -0.05) is 52.1 Å². The van der Waals surface area contributed by atoms with Crippen molar-refractivity contribution in [2.24, 2.45) is 5.41 Å². The molecule has 3 aromatic heterocycles. The van der Waals surface area contributed by atoms with E-state index in [9.17, 15) is 8.78 Å². The number of hydrogen-bond acceptors (Lipinski definition) is 4. The molecule has 30 heavy (non-hydrogen) atoms. The summed E-state index contributed by atoms with van der Waals surface area (Å²) in [6.45, 7) is 13.7. The molecule has 0 saturated heterocycles. The van der Waals surface area contributed by atoms with Gasteiger partial charge in [0.15, 0.2) is 5.82 Å². The Bertz CT molecular complexity index is 1090. The van der Waals surface area contributed by atoms with Crippen molar-refractivity contribution in [3.05, 3.63) is 60.1 Å². The van der Waals surface area contributed by atoms with Gasteiger partial charge >= 0.3 is 12.2 Å². The molecule has 0 saturated carbocycles. The summed E-state index contributed by atoms with van der Waals surface area (Å²) in [5.74, 6) is 0.548. The van der Waals surface area contributed by atoms with Crippen LogP contribution in [0.15, 0.2) is 30.6 Å². The molecule has 0 N–H and O–H groups in total. The molecular weight excluding hydrogens is 564 g/mol. The second-order valence-electron chi connectivity index (χ2n) is 9.08. The molecule has 0 spiro atoms. The fourth-order valence-corrected chi connectivity index (χ4v) is 4.17. The SMILES string of the molecule is CC1(C)c2c[c-][n+](-c3ccc(-c4nc(F)nc(F)n4)cn3)cc2C(C)(C)C1(C)C.[Ir]. The van der Waals surface area contributed by atoms with Crippen molar-refractivity contribution in [2.75, 3.05) is 0 Å². The van der Waals surface area contributed by atoms with Gasteiger partial charge in [0.05, 0.1) is 5.56 Å². The maximum atomic E-state index is 13.3. The fourth-order valence-electron chi connectivity index (χ4n) is 4.17. The first kappa shape index (κ1) is 22.5. The predicted molar refractivity (Wildman–Crippen MR) is 103 cm³/mol. The van der Waals surface area contributed by atoms with E-state index in [0.717, 1.165) is 0 Å². The van der Waals surface area contributed by atoms with Gasteiger partial charge < -0.3 is 4.57 Å². The molecule has 0 fully saturated rings. The van der Waals surface area contributed by atoms with Crippen molar-refractivity contribution in [3.8, 4) is 17.2 Å². The molecule has 0 bridgehead atoms. The molecule has 159 valence electrons. The summed E-state index contributed by atoms with van der Waals surface area (Å²) in [4.78, 5) is 14.4. The van der Waals surface area contributed by atoms with E-state index in [1.165, 1.54) is 17.3 Å². The first-order valence-corrected chi connectivity index (χ1v) is 9.47. The Morgan fingerprint density at radius 2 is 1.47 bits per heavy atom. The van der Waals surface area contributed by atoms with Crippen LogP contribution in [0.1, 0.15) is 52.7 Å². The summed E-state index contributed by atoms with van der Waals surface area (Å²) >= 11 is 0. The van der Waals surface area contributed by atoms with Gasteiger partial charge in [-0.25, -0.2) is 0 Å². The smallest absolute Gasteiger partial charge is 0.314 e. The van der Waals surface area contributed by atoms with Gasteiger partial charge in [-0.05, 0) is 28.4 Å². The van der Waals surface area contributed by atoms with Crippen LogP contribution >= 0.6 is 0 Å². The van der Waals surface area contributed by atoms with Gasteiger partial charge in [0.25, 0.3) is 0 Å². The molecule has 0 aliphatic heterocycles. The summed E-state index contributed by atoms with van der Waals surface area (Å²) < 4.78 is 28.3. The topological polar surface area (TPSA) is 55.4 Å². The second kappa shape index (κ2) is 7.20. The molecule has 1 aliphatic rings. The Kier molecular flexibility index (Phi) is 5.40. The van der Waals surface area contributed by atoms with Gasteiger partial charge in [-0.2, -0.15) is 23.7 Å². The van der Waals surface area contributed by atoms with Crippen molar-refractivity contribution >= 4 is 0 Å². The van der Waals surface area contributed by atoms with E-state index in [1.54, 1.807) is 12.1 Å². The minimum absolute atomic E-state index is 0. The summed E-state index contributed by atoms with van der Waals surface area (Å²) in [7, 11) is 0. The minimum Gasteiger partial charge on any atom is -0.321 e. The van der Waals surface area contributed by atoms with Crippen LogP contribution in [-0.4, -0.2) is 19.9 Å². The van der Waals surface area contributed by atoms with Crippen LogP contribution < -0.4 is 4.57 Å². The molecule has 5 nitrogen and oxygen atoms in total. The van der Waals surface area contributed by atoms with Crippen LogP contribution in [0.5, 0.6) is 0 Å². The predicted octanol–water partition coefficient (Wildman–Crippen LogP) is 3.88. The summed E-state index contributed by atoms with van der Waals surface area (Å²) in [5, 5.41) is 0. The van der Waals surface area contributed by atoms with Crippen LogP contribution in [0.2, 0.25) is 0 Å². The first-order valence-electron chi connectivity index (χ1n) is 9.47. The zero-order valence-electron chi connectivity index (χ0n) is 17.7. The van der Waals surface area contributed by atoms with Crippen LogP contribution in [0.3, 0.4) is 0 Å². The third kappa shape index (κ3) is 3.17. The van der Waals surface area contributed by atoms with Gasteiger partial charge in [-0.15, -0.1) is 11.6 Å². The summed E-state index contributed by atoms with van der Waals surface area (Å²) in [5.41, 5.74) is 2.97. The molecule has 4 rings (SSSR count).